The summed E-state index contributed by atoms with van der Waals surface area (Å²) < 4.78 is 42.5. The van der Waals surface area contributed by atoms with Crippen LogP contribution >= 0.6 is 18.9 Å². The smallest absolute Gasteiger partial charge is 0.355 e. The summed E-state index contributed by atoms with van der Waals surface area (Å²) in [6, 6.07) is 15.9. The lowest BCUT2D eigenvalue weighted by Gasteiger charge is -2.37. The third-order valence-corrected chi connectivity index (χ3v) is 15.5. The first-order valence-electron chi connectivity index (χ1n) is 20.8. The lowest BCUT2D eigenvalue weighted by Crippen LogP contribution is -2.57. The minimum absolute atomic E-state index is 0.0154. The predicted octanol–water partition coefficient (Wildman–Crippen LogP) is 8.05. The number of nitrogens with one attached hydrogen (secondary N) is 2. The second kappa shape index (κ2) is 17.1. The van der Waals surface area contributed by atoms with Gasteiger partial charge in [0.25, 0.3) is 5.91 Å². The van der Waals surface area contributed by atoms with Gasteiger partial charge in [0.15, 0.2) is 0 Å². The Balaban J connectivity index is 0.980. The maximum absolute atomic E-state index is 16.5. The van der Waals surface area contributed by atoms with E-state index in [-0.39, 0.29) is 47.2 Å². The van der Waals surface area contributed by atoms with Gasteiger partial charge in [-0.3, -0.25) is 28.7 Å². The summed E-state index contributed by atoms with van der Waals surface area (Å²) in [5.41, 5.74) is 1.02. The van der Waals surface area contributed by atoms with E-state index in [2.05, 4.69) is 26.4 Å². The molecular formula is C44H51FN5O7PS. The second-order valence-corrected chi connectivity index (χ2v) is 19.6. The number of esters is 1. The molecule has 5 heterocycles. The molecule has 4 fully saturated rings. The fourth-order valence-corrected chi connectivity index (χ4v) is 11.9. The SMILES string of the molecule is CCCOC(=O)[C@H](C)NP(=O)(Oc1ccccc1)[C@@H](F)c1ccc2sc(C(=O)NC3CCCC[C@H]4CC[C@@H](C(=O)N5C[C@@H](c6cccnc6)CC56CC6)N4C3=O)cc2c1. The number of benzene rings is 2. The maximum atomic E-state index is 16.5. The van der Waals surface area contributed by atoms with Crippen LogP contribution in [0.25, 0.3) is 10.1 Å². The summed E-state index contributed by atoms with van der Waals surface area (Å²) in [7, 11) is -4.44. The van der Waals surface area contributed by atoms with Gasteiger partial charge < -0.3 is 24.4 Å². The average Bonchev–Trinajstić information content (AvgIpc) is 3.53. The van der Waals surface area contributed by atoms with Crippen molar-refractivity contribution in [2.45, 2.75) is 120 Å². The first-order valence-corrected chi connectivity index (χ1v) is 23.3. The van der Waals surface area contributed by atoms with E-state index in [0.29, 0.717) is 40.8 Å². The van der Waals surface area contributed by atoms with Crippen LogP contribution in [0.5, 0.6) is 5.75 Å². The van der Waals surface area contributed by atoms with Gasteiger partial charge in [-0.25, -0.2) is 9.48 Å². The minimum Gasteiger partial charge on any atom is -0.465 e. The van der Waals surface area contributed by atoms with Gasteiger partial charge in [0.1, 0.15) is 23.9 Å². The van der Waals surface area contributed by atoms with Crippen molar-refractivity contribution in [3.05, 3.63) is 95.1 Å². The van der Waals surface area contributed by atoms with Crippen molar-refractivity contribution in [1.82, 2.24) is 25.2 Å². The zero-order valence-electron chi connectivity index (χ0n) is 33.4. The second-order valence-electron chi connectivity index (χ2n) is 16.4. The molecule has 1 spiro atoms. The van der Waals surface area contributed by atoms with E-state index < -0.39 is 43.4 Å². The summed E-state index contributed by atoms with van der Waals surface area (Å²) in [5, 5.41) is 6.14. The topological polar surface area (TPSA) is 147 Å². The average molecular weight is 844 g/mol. The monoisotopic (exact) mass is 843 g/mol. The molecule has 15 heteroatoms. The Kier molecular flexibility index (Phi) is 11.9. The zero-order chi connectivity index (χ0) is 41.3. The predicted molar refractivity (Wildman–Crippen MR) is 223 cm³/mol. The normalized spacial score (nSPS) is 24.4. The Labute approximate surface area is 347 Å². The van der Waals surface area contributed by atoms with Crippen molar-refractivity contribution in [3.8, 4) is 5.75 Å². The molecule has 7 atom stereocenters. The molecule has 3 amide bonds. The van der Waals surface area contributed by atoms with Gasteiger partial charge in [0, 0.05) is 41.1 Å². The number of carbonyl (C=O) groups is 4. The van der Waals surface area contributed by atoms with Crippen molar-refractivity contribution in [2.75, 3.05) is 13.2 Å². The number of hydrogen-bond acceptors (Lipinski definition) is 9. The number of carbonyl (C=O) groups excluding carboxylic acids is 4. The first-order chi connectivity index (χ1) is 28.5. The van der Waals surface area contributed by atoms with Crippen LogP contribution in [-0.4, -0.2) is 81.3 Å². The number of pyridine rings is 1. The van der Waals surface area contributed by atoms with Crippen LogP contribution < -0.4 is 14.9 Å². The van der Waals surface area contributed by atoms with E-state index in [1.807, 2.05) is 19.2 Å². The van der Waals surface area contributed by atoms with E-state index in [1.165, 1.54) is 30.4 Å². The Morgan fingerprint density at radius 1 is 1.03 bits per heavy atom. The van der Waals surface area contributed by atoms with E-state index in [0.717, 1.165) is 50.5 Å². The molecule has 2 aromatic carbocycles. The first kappa shape index (κ1) is 41.1. The molecule has 0 bridgehead atoms. The van der Waals surface area contributed by atoms with E-state index in [1.54, 1.807) is 53.6 Å². The van der Waals surface area contributed by atoms with Gasteiger partial charge in [-0.1, -0.05) is 50.1 Å². The molecule has 8 rings (SSSR count). The fraction of sp³-hybridized carbons (Fsp3) is 0.477. The van der Waals surface area contributed by atoms with Gasteiger partial charge in [-0.2, -0.15) is 0 Å². The Bertz CT molecular complexity index is 2240. The van der Waals surface area contributed by atoms with Gasteiger partial charge in [-0.05, 0) is 111 Å². The number of thiophene rings is 1. The highest BCUT2D eigenvalue weighted by molar-refractivity contribution is 7.57. The number of nitrogens with zero attached hydrogens (tertiary/aromatic N) is 3. The summed E-state index contributed by atoms with van der Waals surface area (Å²) in [5.74, 6) is -3.13. The highest BCUT2D eigenvalue weighted by Gasteiger charge is 2.58. The number of aromatic nitrogens is 1. The minimum atomic E-state index is -4.44. The van der Waals surface area contributed by atoms with E-state index >= 15 is 4.39 Å². The standard InChI is InChI=1S/C44H51FN5O7PS/c1-3-22-56-43(54)28(2)48-58(55,57-34-12-5-4-6-13-34)39(45)29-15-18-37-31(23-29)24-38(59-37)40(51)47-35-14-8-7-11-33-16-17-36(50(33)41(35)52)42(53)49-27-32(25-44(49)19-20-44)30-10-9-21-46-26-30/h4-6,9-10,12-13,15,18,21,23-24,26,28,32-33,35-36,39H,3,7-8,11,14,16-17,19-20,22,25,27H2,1-2H3,(H,47,51)(H,48,55)/t28-,32-,33-,35?,36-,39+,58?/m0/s1. The number of ether oxygens (including phenoxy) is 1. The van der Waals surface area contributed by atoms with Crippen LogP contribution in [0.2, 0.25) is 0 Å². The van der Waals surface area contributed by atoms with Crippen molar-refractivity contribution in [1.29, 1.82) is 0 Å². The van der Waals surface area contributed by atoms with Crippen molar-refractivity contribution in [2.24, 2.45) is 0 Å². The molecular weight excluding hydrogens is 793 g/mol. The highest BCUT2D eigenvalue weighted by Crippen LogP contribution is 2.58. The molecule has 2 N–H and O–H groups in total. The summed E-state index contributed by atoms with van der Waals surface area (Å²) >= 11 is 1.20. The number of rotatable bonds is 13. The van der Waals surface area contributed by atoms with Crippen LogP contribution in [0.3, 0.4) is 0 Å². The molecule has 1 aliphatic carbocycles. The van der Waals surface area contributed by atoms with Crippen LogP contribution in [0.15, 0.2) is 79.1 Å². The summed E-state index contributed by atoms with van der Waals surface area (Å²) in [6.07, 6.45) is 11.4. The third-order valence-electron chi connectivity index (χ3n) is 12.3. The number of likely N-dealkylation sites (tertiary alicyclic amines) is 1. The molecule has 2 aromatic heterocycles. The molecule has 59 heavy (non-hydrogen) atoms. The lowest BCUT2D eigenvalue weighted by atomic mass is 9.97. The molecule has 312 valence electrons. The Morgan fingerprint density at radius 2 is 1.83 bits per heavy atom. The van der Waals surface area contributed by atoms with Gasteiger partial charge in [0.2, 0.25) is 17.7 Å². The molecule has 3 saturated heterocycles. The van der Waals surface area contributed by atoms with Gasteiger partial charge in [0.05, 0.1) is 11.5 Å². The quantitative estimate of drug-likeness (QED) is 0.101. The van der Waals surface area contributed by atoms with Crippen molar-refractivity contribution < 1.29 is 37.4 Å². The van der Waals surface area contributed by atoms with E-state index in [4.69, 9.17) is 9.26 Å². The molecule has 12 nitrogen and oxygen atoms in total. The lowest BCUT2D eigenvalue weighted by molar-refractivity contribution is -0.148. The number of fused-ring (bicyclic) bond motifs is 2. The molecule has 4 aromatic rings. The number of amides is 3. The summed E-state index contributed by atoms with van der Waals surface area (Å²) in [4.78, 5) is 63.9. The number of hydrogen-bond donors (Lipinski definition) is 2. The number of halogens is 1. The Hall–Kier alpha value is -4.65. The summed E-state index contributed by atoms with van der Waals surface area (Å²) in [6.45, 7) is 4.07. The van der Waals surface area contributed by atoms with Crippen molar-refractivity contribution >= 4 is 52.6 Å². The van der Waals surface area contributed by atoms with Crippen LogP contribution in [0.1, 0.15) is 111 Å². The van der Waals surface area contributed by atoms with E-state index in [9.17, 15) is 23.7 Å². The number of para-hydroxylation sites is 1. The molecule has 3 aliphatic heterocycles. The molecule has 2 unspecified atom stereocenters. The molecule has 4 aliphatic rings. The maximum Gasteiger partial charge on any atom is 0.355 e. The third kappa shape index (κ3) is 8.54. The van der Waals surface area contributed by atoms with Gasteiger partial charge >= 0.3 is 13.5 Å². The van der Waals surface area contributed by atoms with Crippen LogP contribution in [0, 0.1) is 0 Å². The van der Waals surface area contributed by atoms with Crippen LogP contribution in [-0.2, 0) is 23.7 Å². The number of alkyl halides is 1. The Morgan fingerprint density at radius 3 is 2.58 bits per heavy atom. The van der Waals surface area contributed by atoms with Crippen LogP contribution in [0.4, 0.5) is 4.39 Å². The fourth-order valence-electron chi connectivity index (χ4n) is 9.09. The van der Waals surface area contributed by atoms with Crippen molar-refractivity contribution in [3.63, 3.8) is 0 Å². The largest absolute Gasteiger partial charge is 0.465 e. The molecule has 1 saturated carbocycles. The van der Waals surface area contributed by atoms with Gasteiger partial charge in [-0.15, -0.1) is 11.3 Å². The molecule has 0 radical (unpaired) electrons. The highest BCUT2D eigenvalue weighted by atomic mass is 32.1. The zero-order valence-corrected chi connectivity index (χ0v) is 35.1.